The maximum absolute atomic E-state index is 10.7. The number of aromatic nitrogens is 3. The number of hydrogen-bond donors (Lipinski definition) is 2. The molecular formula is C12H20N4O2S2. The Morgan fingerprint density at radius 3 is 2.70 bits per heavy atom. The van der Waals surface area contributed by atoms with Gasteiger partial charge in [-0.05, 0) is 19.1 Å². The SMILES string of the molecule is CSC1(Cn2c(N)nnc2SCC(=O)O)CCCCC1. The lowest BCUT2D eigenvalue weighted by molar-refractivity contribution is -0.133. The summed E-state index contributed by atoms with van der Waals surface area (Å²) in [4.78, 5) is 10.7. The summed E-state index contributed by atoms with van der Waals surface area (Å²) in [5.41, 5.74) is 5.90. The molecular weight excluding hydrogens is 296 g/mol. The first kappa shape index (κ1) is 15.5. The zero-order valence-electron chi connectivity index (χ0n) is 11.5. The van der Waals surface area contributed by atoms with Gasteiger partial charge in [0, 0.05) is 11.3 Å². The third-order valence-corrected chi connectivity index (χ3v) is 6.07. The van der Waals surface area contributed by atoms with E-state index in [9.17, 15) is 4.79 Å². The summed E-state index contributed by atoms with van der Waals surface area (Å²) in [6, 6.07) is 0. The molecule has 1 aliphatic rings. The fourth-order valence-electron chi connectivity index (χ4n) is 2.59. The lowest BCUT2D eigenvalue weighted by Crippen LogP contribution is -2.33. The zero-order valence-corrected chi connectivity index (χ0v) is 13.2. The number of nitrogen functional groups attached to an aromatic ring is 1. The molecule has 1 aliphatic carbocycles. The van der Waals surface area contributed by atoms with Crippen LogP contribution in [0, 0.1) is 0 Å². The summed E-state index contributed by atoms with van der Waals surface area (Å²) in [5, 5.41) is 17.3. The van der Waals surface area contributed by atoms with Crippen LogP contribution in [-0.2, 0) is 11.3 Å². The normalized spacial score (nSPS) is 18.1. The molecule has 0 bridgehead atoms. The molecule has 0 amide bonds. The highest BCUT2D eigenvalue weighted by Crippen LogP contribution is 2.41. The van der Waals surface area contributed by atoms with Gasteiger partial charge in [-0.15, -0.1) is 10.2 Å². The van der Waals surface area contributed by atoms with E-state index in [4.69, 9.17) is 10.8 Å². The van der Waals surface area contributed by atoms with Crippen molar-refractivity contribution in [2.75, 3.05) is 17.7 Å². The lowest BCUT2D eigenvalue weighted by atomic mass is 9.88. The monoisotopic (exact) mass is 316 g/mol. The average Bonchev–Trinajstić information content (AvgIpc) is 2.78. The number of anilines is 1. The van der Waals surface area contributed by atoms with Crippen molar-refractivity contribution in [1.82, 2.24) is 14.8 Å². The van der Waals surface area contributed by atoms with E-state index >= 15 is 0 Å². The molecule has 3 N–H and O–H groups in total. The second-order valence-corrected chi connectivity index (χ2v) is 7.27. The predicted octanol–water partition coefficient (Wildman–Crippen LogP) is 2.10. The van der Waals surface area contributed by atoms with Crippen molar-refractivity contribution in [3.8, 4) is 0 Å². The Balaban J connectivity index is 2.14. The highest BCUT2D eigenvalue weighted by Gasteiger charge is 2.33. The minimum atomic E-state index is -0.861. The van der Waals surface area contributed by atoms with Crippen LogP contribution in [0.1, 0.15) is 32.1 Å². The van der Waals surface area contributed by atoms with Crippen molar-refractivity contribution in [3.63, 3.8) is 0 Å². The largest absolute Gasteiger partial charge is 0.481 e. The molecule has 0 atom stereocenters. The standard InChI is InChI=1S/C12H20N4O2S2/c1-19-12(5-3-2-4-6-12)8-16-10(13)14-15-11(16)20-7-9(17)18/h2-8H2,1H3,(H2,13,14)(H,17,18). The first-order valence-electron chi connectivity index (χ1n) is 6.65. The Bertz CT molecular complexity index is 472. The van der Waals surface area contributed by atoms with E-state index < -0.39 is 5.97 Å². The maximum Gasteiger partial charge on any atom is 0.313 e. The van der Waals surface area contributed by atoms with Crippen molar-refractivity contribution >= 4 is 35.4 Å². The molecule has 6 nitrogen and oxygen atoms in total. The summed E-state index contributed by atoms with van der Waals surface area (Å²) in [5.74, 6) is -0.512. The van der Waals surface area contributed by atoms with Gasteiger partial charge in [-0.2, -0.15) is 11.8 Å². The smallest absolute Gasteiger partial charge is 0.313 e. The molecule has 1 aromatic heterocycles. The minimum absolute atomic E-state index is 0.0234. The lowest BCUT2D eigenvalue weighted by Gasteiger charge is -2.36. The molecule has 8 heteroatoms. The Morgan fingerprint density at radius 1 is 1.40 bits per heavy atom. The number of thioether (sulfide) groups is 2. The van der Waals surface area contributed by atoms with Crippen LogP contribution in [0.2, 0.25) is 0 Å². The van der Waals surface area contributed by atoms with Crippen molar-refractivity contribution in [3.05, 3.63) is 0 Å². The second kappa shape index (κ2) is 6.71. The number of aliphatic carboxylic acids is 1. The highest BCUT2D eigenvalue weighted by molar-refractivity contribution is 8.00. The molecule has 0 aliphatic heterocycles. The Kier molecular flexibility index (Phi) is 5.20. The van der Waals surface area contributed by atoms with Gasteiger partial charge in [0.25, 0.3) is 0 Å². The van der Waals surface area contributed by atoms with Crippen molar-refractivity contribution in [2.24, 2.45) is 0 Å². The number of hydrogen-bond acceptors (Lipinski definition) is 6. The van der Waals surface area contributed by atoms with Crippen LogP contribution >= 0.6 is 23.5 Å². The van der Waals surface area contributed by atoms with Gasteiger partial charge in [-0.1, -0.05) is 31.0 Å². The predicted molar refractivity (Wildman–Crippen MR) is 82.1 cm³/mol. The number of carbonyl (C=O) groups is 1. The van der Waals surface area contributed by atoms with Gasteiger partial charge in [0.05, 0.1) is 5.75 Å². The molecule has 20 heavy (non-hydrogen) atoms. The average molecular weight is 316 g/mol. The molecule has 1 fully saturated rings. The van der Waals surface area contributed by atoms with Crippen molar-refractivity contribution in [2.45, 2.75) is 48.6 Å². The molecule has 1 heterocycles. The van der Waals surface area contributed by atoms with Gasteiger partial charge in [0.1, 0.15) is 0 Å². The summed E-state index contributed by atoms with van der Waals surface area (Å²) in [6.45, 7) is 0.759. The molecule has 1 aromatic rings. The first-order valence-corrected chi connectivity index (χ1v) is 8.86. The van der Waals surface area contributed by atoms with E-state index in [0.29, 0.717) is 11.1 Å². The number of rotatable bonds is 6. The van der Waals surface area contributed by atoms with Crippen LogP contribution in [0.25, 0.3) is 0 Å². The number of carboxylic acids is 1. The van der Waals surface area contributed by atoms with Crippen LogP contribution in [0.3, 0.4) is 0 Å². The van der Waals surface area contributed by atoms with Crippen LogP contribution in [0.4, 0.5) is 5.95 Å². The third kappa shape index (κ3) is 3.60. The van der Waals surface area contributed by atoms with E-state index in [1.807, 2.05) is 16.3 Å². The fourth-order valence-corrected chi connectivity index (χ4v) is 4.21. The van der Waals surface area contributed by atoms with Crippen LogP contribution in [0.5, 0.6) is 0 Å². The highest BCUT2D eigenvalue weighted by atomic mass is 32.2. The third-order valence-electron chi connectivity index (χ3n) is 3.71. The van der Waals surface area contributed by atoms with Gasteiger partial charge < -0.3 is 10.8 Å². The number of nitrogens with two attached hydrogens (primary N) is 1. The van der Waals surface area contributed by atoms with E-state index in [2.05, 4.69) is 16.5 Å². The first-order chi connectivity index (χ1) is 9.56. The van der Waals surface area contributed by atoms with Crippen LogP contribution < -0.4 is 5.73 Å². The number of nitrogens with zero attached hydrogens (tertiary/aromatic N) is 3. The molecule has 0 radical (unpaired) electrons. The Labute approximate surface area is 126 Å². The molecule has 0 saturated heterocycles. The molecule has 0 unspecified atom stereocenters. The van der Waals surface area contributed by atoms with Crippen molar-refractivity contribution < 1.29 is 9.90 Å². The Hall–Kier alpha value is -0.890. The van der Waals surface area contributed by atoms with Crippen LogP contribution in [-0.4, -0.2) is 42.6 Å². The molecule has 112 valence electrons. The van der Waals surface area contributed by atoms with E-state index in [-0.39, 0.29) is 10.5 Å². The van der Waals surface area contributed by atoms with E-state index in [0.717, 1.165) is 19.4 Å². The molecule has 1 saturated carbocycles. The van der Waals surface area contributed by atoms with Gasteiger partial charge >= 0.3 is 5.97 Å². The van der Waals surface area contributed by atoms with E-state index in [1.54, 1.807) is 0 Å². The summed E-state index contributed by atoms with van der Waals surface area (Å²) in [6.07, 6.45) is 8.22. The quantitative estimate of drug-likeness (QED) is 0.776. The number of carboxylic acid groups (broad SMARTS) is 1. The van der Waals surface area contributed by atoms with E-state index in [1.165, 1.54) is 31.0 Å². The van der Waals surface area contributed by atoms with Gasteiger partial charge in [0.2, 0.25) is 5.95 Å². The summed E-state index contributed by atoms with van der Waals surface area (Å²) >= 11 is 3.05. The Morgan fingerprint density at radius 2 is 2.10 bits per heavy atom. The van der Waals surface area contributed by atoms with Gasteiger partial charge in [-0.25, -0.2) is 0 Å². The topological polar surface area (TPSA) is 94.0 Å². The minimum Gasteiger partial charge on any atom is -0.481 e. The van der Waals surface area contributed by atoms with Gasteiger partial charge in [0.15, 0.2) is 5.16 Å². The summed E-state index contributed by atoms with van der Waals surface area (Å²) in [7, 11) is 0. The van der Waals surface area contributed by atoms with Crippen molar-refractivity contribution in [1.29, 1.82) is 0 Å². The molecule has 0 spiro atoms. The second-order valence-electron chi connectivity index (χ2n) is 5.06. The van der Waals surface area contributed by atoms with Crippen LogP contribution in [0.15, 0.2) is 5.16 Å². The maximum atomic E-state index is 10.7. The summed E-state index contributed by atoms with van der Waals surface area (Å²) < 4.78 is 2.04. The molecule has 0 aromatic carbocycles. The van der Waals surface area contributed by atoms with Gasteiger partial charge in [-0.3, -0.25) is 9.36 Å². The molecule has 2 rings (SSSR count). The zero-order chi connectivity index (χ0) is 14.6. The fraction of sp³-hybridized carbons (Fsp3) is 0.750.